The minimum absolute atomic E-state index is 0.203. The molecule has 0 saturated heterocycles. The lowest BCUT2D eigenvalue weighted by atomic mass is 10.2. The SMILES string of the molecule is COc1ccc(N(C)CCCO)cc1Cl. The lowest BCUT2D eigenvalue weighted by Gasteiger charge is -2.19. The van der Waals surface area contributed by atoms with Crippen LogP contribution in [-0.2, 0) is 0 Å². The van der Waals surface area contributed by atoms with E-state index in [1.54, 1.807) is 7.11 Å². The topological polar surface area (TPSA) is 32.7 Å². The zero-order chi connectivity index (χ0) is 11.3. The summed E-state index contributed by atoms with van der Waals surface area (Å²) in [4.78, 5) is 2.04. The van der Waals surface area contributed by atoms with Gasteiger partial charge in [-0.05, 0) is 24.6 Å². The van der Waals surface area contributed by atoms with E-state index in [9.17, 15) is 0 Å². The first-order valence-corrected chi connectivity index (χ1v) is 5.22. The molecule has 0 aromatic heterocycles. The van der Waals surface area contributed by atoms with Crippen LogP contribution in [-0.4, -0.2) is 32.4 Å². The Bertz CT molecular complexity index is 317. The van der Waals surface area contributed by atoms with Gasteiger partial charge in [0.05, 0.1) is 12.1 Å². The van der Waals surface area contributed by atoms with Gasteiger partial charge < -0.3 is 14.7 Å². The molecule has 0 saturated carbocycles. The van der Waals surface area contributed by atoms with E-state index in [2.05, 4.69) is 0 Å². The Balaban J connectivity index is 2.73. The molecule has 0 amide bonds. The summed E-state index contributed by atoms with van der Waals surface area (Å²) in [6.07, 6.45) is 0.750. The monoisotopic (exact) mass is 229 g/mol. The number of benzene rings is 1. The van der Waals surface area contributed by atoms with Crippen LogP contribution >= 0.6 is 11.6 Å². The molecule has 1 rings (SSSR count). The molecule has 0 aliphatic carbocycles. The number of aliphatic hydroxyl groups excluding tert-OH is 1. The van der Waals surface area contributed by atoms with Crippen molar-refractivity contribution in [3.8, 4) is 5.75 Å². The molecule has 0 aliphatic rings. The van der Waals surface area contributed by atoms with E-state index >= 15 is 0 Å². The summed E-state index contributed by atoms with van der Waals surface area (Å²) >= 11 is 6.01. The van der Waals surface area contributed by atoms with Crippen LogP contribution in [0.1, 0.15) is 6.42 Å². The summed E-state index contributed by atoms with van der Waals surface area (Å²) < 4.78 is 5.07. The first-order chi connectivity index (χ1) is 7.19. The number of nitrogens with zero attached hydrogens (tertiary/aromatic N) is 1. The molecule has 0 bridgehead atoms. The third-order valence-corrected chi connectivity index (χ3v) is 2.52. The lowest BCUT2D eigenvalue weighted by molar-refractivity contribution is 0.290. The van der Waals surface area contributed by atoms with Crippen molar-refractivity contribution in [3.05, 3.63) is 23.2 Å². The van der Waals surface area contributed by atoms with Crippen LogP contribution in [0.25, 0.3) is 0 Å². The fraction of sp³-hybridized carbons (Fsp3) is 0.455. The quantitative estimate of drug-likeness (QED) is 0.840. The number of hydrogen-bond donors (Lipinski definition) is 1. The molecule has 0 unspecified atom stereocenters. The standard InChI is InChI=1S/C11H16ClNO2/c1-13(6-3-7-14)9-4-5-11(15-2)10(12)8-9/h4-5,8,14H,3,6-7H2,1-2H3. The van der Waals surface area contributed by atoms with Gasteiger partial charge in [-0.2, -0.15) is 0 Å². The van der Waals surface area contributed by atoms with E-state index < -0.39 is 0 Å². The number of hydrogen-bond acceptors (Lipinski definition) is 3. The average Bonchev–Trinajstić information content (AvgIpc) is 2.25. The van der Waals surface area contributed by atoms with E-state index in [0.717, 1.165) is 18.7 Å². The molecule has 0 fully saturated rings. The summed E-state index contributed by atoms with van der Waals surface area (Å²) in [6.45, 7) is 1.01. The molecule has 3 nitrogen and oxygen atoms in total. The number of ether oxygens (including phenoxy) is 1. The molecule has 0 heterocycles. The van der Waals surface area contributed by atoms with Gasteiger partial charge in [-0.1, -0.05) is 11.6 Å². The number of anilines is 1. The Kier molecular flexibility index (Phi) is 4.72. The smallest absolute Gasteiger partial charge is 0.137 e. The Morgan fingerprint density at radius 1 is 1.47 bits per heavy atom. The maximum atomic E-state index is 8.73. The van der Waals surface area contributed by atoms with Crippen LogP contribution in [0.5, 0.6) is 5.75 Å². The summed E-state index contributed by atoms with van der Waals surface area (Å²) in [7, 11) is 3.56. The molecular formula is C11H16ClNO2. The van der Waals surface area contributed by atoms with Gasteiger partial charge in [0.25, 0.3) is 0 Å². The predicted molar refractivity (Wildman–Crippen MR) is 63.0 cm³/mol. The van der Waals surface area contributed by atoms with Crippen molar-refractivity contribution >= 4 is 17.3 Å². The van der Waals surface area contributed by atoms with E-state index in [0.29, 0.717) is 10.8 Å². The highest BCUT2D eigenvalue weighted by molar-refractivity contribution is 6.32. The first-order valence-electron chi connectivity index (χ1n) is 4.84. The number of rotatable bonds is 5. The Morgan fingerprint density at radius 2 is 2.20 bits per heavy atom. The van der Waals surface area contributed by atoms with Gasteiger partial charge in [-0.15, -0.1) is 0 Å². The zero-order valence-electron chi connectivity index (χ0n) is 9.03. The van der Waals surface area contributed by atoms with Crippen molar-refractivity contribution in [3.63, 3.8) is 0 Å². The van der Waals surface area contributed by atoms with Crippen LogP contribution < -0.4 is 9.64 Å². The molecule has 15 heavy (non-hydrogen) atoms. The second kappa shape index (κ2) is 5.83. The summed E-state index contributed by atoms with van der Waals surface area (Å²) in [5, 5.41) is 9.33. The molecule has 0 radical (unpaired) electrons. The third-order valence-electron chi connectivity index (χ3n) is 2.23. The van der Waals surface area contributed by atoms with Gasteiger partial charge >= 0.3 is 0 Å². The normalized spacial score (nSPS) is 10.1. The van der Waals surface area contributed by atoms with Gasteiger partial charge in [0.1, 0.15) is 5.75 Å². The summed E-state index contributed by atoms with van der Waals surface area (Å²) in [6, 6.07) is 5.65. The molecule has 0 atom stereocenters. The van der Waals surface area contributed by atoms with Crippen LogP contribution in [0.3, 0.4) is 0 Å². The molecule has 0 spiro atoms. The number of methoxy groups -OCH3 is 1. The molecule has 0 aliphatic heterocycles. The third kappa shape index (κ3) is 3.29. The maximum absolute atomic E-state index is 8.73. The Hall–Kier alpha value is -0.930. The van der Waals surface area contributed by atoms with E-state index in [1.807, 2.05) is 30.1 Å². The highest BCUT2D eigenvalue weighted by Crippen LogP contribution is 2.28. The highest BCUT2D eigenvalue weighted by atomic mass is 35.5. The second-order valence-electron chi connectivity index (χ2n) is 3.32. The largest absolute Gasteiger partial charge is 0.495 e. The average molecular weight is 230 g/mol. The summed E-state index contributed by atoms with van der Waals surface area (Å²) in [5.41, 5.74) is 1.02. The van der Waals surface area contributed by atoms with Gasteiger partial charge in [0, 0.05) is 25.9 Å². The van der Waals surface area contributed by atoms with Gasteiger partial charge in [0.15, 0.2) is 0 Å². The van der Waals surface area contributed by atoms with Crippen LogP contribution in [0.4, 0.5) is 5.69 Å². The fourth-order valence-corrected chi connectivity index (χ4v) is 1.58. The van der Waals surface area contributed by atoms with E-state index in [4.69, 9.17) is 21.4 Å². The summed E-state index contributed by atoms with van der Waals surface area (Å²) in [5.74, 6) is 0.677. The van der Waals surface area contributed by atoms with Crippen molar-refractivity contribution in [1.29, 1.82) is 0 Å². The molecule has 1 aromatic carbocycles. The molecular weight excluding hydrogens is 214 g/mol. The molecule has 1 N–H and O–H groups in total. The Labute approximate surface area is 95.2 Å². The van der Waals surface area contributed by atoms with Crippen molar-refractivity contribution in [2.24, 2.45) is 0 Å². The predicted octanol–water partition coefficient (Wildman–Crippen LogP) is 2.17. The van der Waals surface area contributed by atoms with Gasteiger partial charge in [-0.25, -0.2) is 0 Å². The first kappa shape index (κ1) is 12.1. The van der Waals surface area contributed by atoms with Crippen LogP contribution in [0, 0.1) is 0 Å². The number of halogens is 1. The van der Waals surface area contributed by atoms with E-state index in [1.165, 1.54) is 0 Å². The second-order valence-corrected chi connectivity index (χ2v) is 3.72. The van der Waals surface area contributed by atoms with Crippen LogP contribution in [0.2, 0.25) is 5.02 Å². The van der Waals surface area contributed by atoms with Crippen molar-refractivity contribution in [1.82, 2.24) is 0 Å². The minimum atomic E-state index is 0.203. The van der Waals surface area contributed by atoms with Gasteiger partial charge in [-0.3, -0.25) is 0 Å². The zero-order valence-corrected chi connectivity index (χ0v) is 9.79. The van der Waals surface area contributed by atoms with Crippen molar-refractivity contribution in [2.45, 2.75) is 6.42 Å². The molecule has 1 aromatic rings. The number of aliphatic hydroxyl groups is 1. The van der Waals surface area contributed by atoms with Gasteiger partial charge in [0.2, 0.25) is 0 Å². The minimum Gasteiger partial charge on any atom is -0.495 e. The van der Waals surface area contributed by atoms with Crippen molar-refractivity contribution in [2.75, 3.05) is 32.2 Å². The van der Waals surface area contributed by atoms with Crippen molar-refractivity contribution < 1.29 is 9.84 Å². The Morgan fingerprint density at radius 3 is 2.73 bits per heavy atom. The fourth-order valence-electron chi connectivity index (χ4n) is 1.33. The molecule has 4 heteroatoms. The highest BCUT2D eigenvalue weighted by Gasteiger charge is 2.04. The van der Waals surface area contributed by atoms with E-state index in [-0.39, 0.29) is 6.61 Å². The maximum Gasteiger partial charge on any atom is 0.137 e. The molecule has 84 valence electrons. The lowest BCUT2D eigenvalue weighted by Crippen LogP contribution is -2.19. The van der Waals surface area contributed by atoms with Crippen LogP contribution in [0.15, 0.2) is 18.2 Å².